The Labute approximate surface area is 123 Å². The van der Waals surface area contributed by atoms with Gasteiger partial charge in [-0.25, -0.2) is 4.79 Å². The van der Waals surface area contributed by atoms with Crippen molar-refractivity contribution in [3.8, 4) is 0 Å². The van der Waals surface area contributed by atoms with E-state index < -0.39 is 5.97 Å². The van der Waals surface area contributed by atoms with Gasteiger partial charge in [-0.1, -0.05) is 0 Å². The van der Waals surface area contributed by atoms with E-state index in [1.54, 1.807) is 13.2 Å². The van der Waals surface area contributed by atoms with E-state index in [1.165, 1.54) is 11.3 Å². The van der Waals surface area contributed by atoms with Gasteiger partial charge >= 0.3 is 5.97 Å². The number of carbonyl (C=O) groups is 1. The molecule has 0 fully saturated rings. The van der Waals surface area contributed by atoms with Crippen molar-refractivity contribution in [2.45, 2.75) is 26.3 Å². The number of hydrogen-bond acceptors (Lipinski definition) is 5. The number of carboxylic acid groups (broad SMARTS) is 1. The van der Waals surface area contributed by atoms with Crippen LogP contribution in [0.3, 0.4) is 0 Å². The van der Waals surface area contributed by atoms with Crippen LogP contribution in [0.15, 0.2) is 6.07 Å². The van der Waals surface area contributed by atoms with Gasteiger partial charge in [-0.3, -0.25) is 0 Å². The number of ether oxygens (including phenoxy) is 2. The van der Waals surface area contributed by atoms with E-state index in [-0.39, 0.29) is 0 Å². The monoisotopic (exact) mass is 301 g/mol. The molecule has 114 valence electrons. The summed E-state index contributed by atoms with van der Waals surface area (Å²) in [4.78, 5) is 12.3. The fourth-order valence-electron chi connectivity index (χ4n) is 1.72. The second-order valence-electron chi connectivity index (χ2n) is 4.49. The molecule has 0 aliphatic heterocycles. The first-order chi connectivity index (χ1) is 9.65. The lowest BCUT2D eigenvalue weighted by molar-refractivity contribution is 0.0688. The molecule has 0 saturated heterocycles. The summed E-state index contributed by atoms with van der Waals surface area (Å²) in [6.07, 6.45) is 2.06. The maximum absolute atomic E-state index is 10.9. The maximum Gasteiger partial charge on any atom is 0.345 e. The zero-order valence-corrected chi connectivity index (χ0v) is 12.9. The molecule has 0 unspecified atom stereocenters. The molecule has 0 atom stereocenters. The normalized spacial score (nSPS) is 10.9. The zero-order valence-electron chi connectivity index (χ0n) is 12.1. The Balaban J connectivity index is 2.08. The van der Waals surface area contributed by atoms with Crippen LogP contribution in [0.25, 0.3) is 0 Å². The van der Waals surface area contributed by atoms with Crippen LogP contribution in [0.2, 0.25) is 0 Å². The van der Waals surface area contributed by atoms with Crippen LogP contribution >= 0.6 is 11.3 Å². The maximum atomic E-state index is 10.9. The third kappa shape index (κ3) is 6.47. The molecule has 0 aliphatic rings. The second kappa shape index (κ2) is 9.88. The lowest BCUT2D eigenvalue weighted by Gasteiger charge is -2.05. The van der Waals surface area contributed by atoms with Crippen molar-refractivity contribution in [1.29, 1.82) is 0 Å². The molecule has 0 amide bonds. The number of aryl methyl sites for hydroxylation is 1. The summed E-state index contributed by atoms with van der Waals surface area (Å²) >= 11 is 1.33. The number of carboxylic acids is 1. The van der Waals surface area contributed by atoms with Crippen molar-refractivity contribution < 1.29 is 19.4 Å². The average molecular weight is 301 g/mol. The predicted octanol–water partition coefficient (Wildman–Crippen LogP) is 2.29. The lowest BCUT2D eigenvalue weighted by Crippen LogP contribution is -2.15. The van der Waals surface area contributed by atoms with Crippen molar-refractivity contribution in [1.82, 2.24) is 5.32 Å². The highest BCUT2D eigenvalue weighted by atomic mass is 32.1. The first-order valence-corrected chi connectivity index (χ1v) is 7.56. The Morgan fingerprint density at radius 1 is 1.35 bits per heavy atom. The summed E-state index contributed by atoms with van der Waals surface area (Å²) < 4.78 is 10.3. The van der Waals surface area contributed by atoms with Gasteiger partial charge in [0.1, 0.15) is 4.88 Å². The molecule has 1 aromatic heterocycles. The Bertz CT molecular complexity index is 406. The summed E-state index contributed by atoms with van der Waals surface area (Å²) in [6.45, 7) is 5.63. The molecule has 1 heterocycles. The van der Waals surface area contributed by atoms with Crippen molar-refractivity contribution in [3.05, 3.63) is 21.4 Å². The molecule has 5 nitrogen and oxygen atoms in total. The van der Waals surface area contributed by atoms with Gasteiger partial charge < -0.3 is 19.9 Å². The fourth-order valence-corrected chi connectivity index (χ4v) is 2.60. The van der Waals surface area contributed by atoms with Crippen LogP contribution in [-0.4, -0.2) is 44.6 Å². The van der Waals surface area contributed by atoms with Crippen LogP contribution in [-0.2, 0) is 16.0 Å². The summed E-state index contributed by atoms with van der Waals surface area (Å²) in [6, 6.07) is 1.75. The van der Waals surface area contributed by atoms with Crippen molar-refractivity contribution in [3.63, 3.8) is 0 Å². The number of unbranched alkanes of at least 4 members (excludes halogenated alkanes) is 1. The van der Waals surface area contributed by atoms with Crippen molar-refractivity contribution in [2.75, 3.05) is 33.5 Å². The number of aromatic carboxylic acids is 1. The Kier molecular flexibility index (Phi) is 8.45. The Hall–Kier alpha value is -0.950. The molecule has 0 aromatic carbocycles. The van der Waals surface area contributed by atoms with E-state index in [9.17, 15) is 4.79 Å². The summed E-state index contributed by atoms with van der Waals surface area (Å²) in [5, 5.41) is 12.3. The van der Waals surface area contributed by atoms with Crippen LogP contribution in [0, 0.1) is 6.92 Å². The standard InChI is InChI=1S/C14H23NO4S/c1-11-12(9-13(20-11)14(16)17)10-15-5-3-4-6-19-8-7-18-2/h9,15H,3-8,10H2,1-2H3,(H,16,17). The quantitative estimate of drug-likeness (QED) is 0.614. The number of rotatable bonds is 11. The fraction of sp³-hybridized carbons (Fsp3) is 0.643. The Morgan fingerprint density at radius 2 is 2.15 bits per heavy atom. The second-order valence-corrected chi connectivity index (χ2v) is 5.74. The van der Waals surface area contributed by atoms with Crippen molar-refractivity contribution in [2.24, 2.45) is 0 Å². The summed E-state index contributed by atoms with van der Waals surface area (Å²) in [5.74, 6) is -0.849. The molecule has 0 aliphatic carbocycles. The van der Waals surface area contributed by atoms with E-state index in [0.717, 1.165) is 43.0 Å². The van der Waals surface area contributed by atoms with Crippen LogP contribution in [0.4, 0.5) is 0 Å². The van der Waals surface area contributed by atoms with Gasteiger partial charge in [0.05, 0.1) is 13.2 Å². The molecule has 0 radical (unpaired) electrons. The van der Waals surface area contributed by atoms with Gasteiger partial charge in [-0.15, -0.1) is 11.3 Å². The zero-order chi connectivity index (χ0) is 14.8. The van der Waals surface area contributed by atoms with Gasteiger partial charge in [0.25, 0.3) is 0 Å². The molecule has 2 N–H and O–H groups in total. The highest BCUT2D eigenvalue weighted by molar-refractivity contribution is 7.14. The van der Waals surface area contributed by atoms with Gasteiger partial charge in [-0.2, -0.15) is 0 Å². The van der Waals surface area contributed by atoms with Gasteiger partial charge in [0.15, 0.2) is 0 Å². The average Bonchev–Trinajstić information content (AvgIpc) is 2.79. The molecule has 0 spiro atoms. The predicted molar refractivity (Wildman–Crippen MR) is 79.7 cm³/mol. The van der Waals surface area contributed by atoms with E-state index >= 15 is 0 Å². The van der Waals surface area contributed by atoms with Gasteiger partial charge in [-0.05, 0) is 37.9 Å². The van der Waals surface area contributed by atoms with Crippen molar-refractivity contribution >= 4 is 17.3 Å². The first kappa shape index (κ1) is 17.1. The number of hydrogen-bond donors (Lipinski definition) is 2. The SMILES string of the molecule is COCCOCCCCNCc1cc(C(=O)O)sc1C. The highest BCUT2D eigenvalue weighted by Crippen LogP contribution is 2.21. The van der Waals surface area contributed by atoms with E-state index in [2.05, 4.69) is 5.32 Å². The molecule has 6 heteroatoms. The summed E-state index contributed by atoms with van der Waals surface area (Å²) in [7, 11) is 1.66. The molecule has 1 aromatic rings. The van der Waals surface area contributed by atoms with Crippen LogP contribution in [0.5, 0.6) is 0 Å². The number of thiophene rings is 1. The lowest BCUT2D eigenvalue weighted by atomic mass is 10.2. The highest BCUT2D eigenvalue weighted by Gasteiger charge is 2.10. The molecule has 0 saturated carbocycles. The van der Waals surface area contributed by atoms with E-state index in [0.29, 0.717) is 18.1 Å². The Morgan fingerprint density at radius 3 is 2.80 bits per heavy atom. The minimum Gasteiger partial charge on any atom is -0.477 e. The minimum absolute atomic E-state index is 0.408. The van der Waals surface area contributed by atoms with Gasteiger partial charge in [0, 0.05) is 25.1 Å². The molecule has 1 rings (SSSR count). The van der Waals surface area contributed by atoms with Crippen LogP contribution < -0.4 is 5.32 Å². The van der Waals surface area contributed by atoms with Crippen LogP contribution in [0.1, 0.15) is 33.0 Å². The summed E-state index contributed by atoms with van der Waals surface area (Å²) in [5.41, 5.74) is 1.07. The molecular formula is C14H23NO4S. The third-order valence-electron chi connectivity index (χ3n) is 2.87. The van der Waals surface area contributed by atoms with E-state index in [4.69, 9.17) is 14.6 Å². The number of methoxy groups -OCH3 is 1. The first-order valence-electron chi connectivity index (χ1n) is 6.75. The van der Waals surface area contributed by atoms with Gasteiger partial charge in [0.2, 0.25) is 0 Å². The molecular weight excluding hydrogens is 278 g/mol. The molecule has 20 heavy (non-hydrogen) atoms. The topological polar surface area (TPSA) is 67.8 Å². The molecule has 0 bridgehead atoms. The number of nitrogens with one attached hydrogen (secondary N) is 1. The smallest absolute Gasteiger partial charge is 0.345 e. The minimum atomic E-state index is -0.849. The largest absolute Gasteiger partial charge is 0.477 e. The third-order valence-corrected chi connectivity index (χ3v) is 3.95. The van der Waals surface area contributed by atoms with E-state index in [1.807, 2.05) is 6.92 Å².